The number of hydrogen-bond donors (Lipinski definition) is 2. The van der Waals surface area contributed by atoms with Crippen LogP contribution in [0.1, 0.15) is 33.1 Å². The minimum absolute atomic E-state index is 0. The van der Waals surface area contributed by atoms with Gasteiger partial charge in [0.25, 0.3) is 0 Å². The van der Waals surface area contributed by atoms with Crippen molar-refractivity contribution in [1.29, 1.82) is 0 Å². The van der Waals surface area contributed by atoms with Gasteiger partial charge in [0, 0.05) is 19.7 Å². The van der Waals surface area contributed by atoms with Gasteiger partial charge in [0.1, 0.15) is 6.10 Å². The first kappa shape index (κ1) is 22.0. The second-order valence-electron chi connectivity index (χ2n) is 5.81. The lowest BCUT2D eigenvalue weighted by Crippen LogP contribution is -2.41. The summed E-state index contributed by atoms with van der Waals surface area (Å²) in [6.45, 7) is 6.86. The van der Waals surface area contributed by atoms with Crippen molar-refractivity contribution in [2.75, 3.05) is 26.2 Å². The molecule has 1 aliphatic heterocycles. The number of nitrogens with zero attached hydrogens (tertiary/aromatic N) is 1. The average molecular weight is 465 g/mol. The second kappa shape index (κ2) is 12.3. The molecule has 0 saturated carbocycles. The number of hydrogen-bond acceptors (Lipinski definition) is 3. The van der Waals surface area contributed by atoms with Gasteiger partial charge in [0.15, 0.2) is 17.5 Å². The molecule has 5 nitrogen and oxygen atoms in total. The lowest BCUT2D eigenvalue weighted by molar-refractivity contribution is 0.113. The van der Waals surface area contributed by atoms with Crippen molar-refractivity contribution >= 4 is 29.9 Å². The molecule has 0 aliphatic carbocycles. The minimum Gasteiger partial charge on any atom is -0.485 e. The lowest BCUT2D eigenvalue weighted by Gasteiger charge is -2.18. The molecule has 0 amide bonds. The normalized spacial score (nSPS) is 18.4. The van der Waals surface area contributed by atoms with Crippen molar-refractivity contribution in [2.45, 2.75) is 45.3 Å². The number of aliphatic imine (C=N–C) groups is 1. The van der Waals surface area contributed by atoms with E-state index in [1.807, 2.05) is 13.8 Å². The van der Waals surface area contributed by atoms with Crippen LogP contribution >= 0.6 is 24.0 Å². The maximum atomic E-state index is 13.7. The third kappa shape index (κ3) is 7.77. The number of rotatable bonds is 8. The van der Waals surface area contributed by atoms with Crippen molar-refractivity contribution in [2.24, 2.45) is 4.99 Å². The van der Waals surface area contributed by atoms with Gasteiger partial charge in [0.05, 0.1) is 12.6 Å². The molecule has 2 N–H and O–H groups in total. The number of para-hydroxylation sites is 1. The monoisotopic (exact) mass is 465 g/mol. The molecule has 1 aliphatic rings. The Morgan fingerprint density at radius 2 is 2.16 bits per heavy atom. The van der Waals surface area contributed by atoms with E-state index in [0.29, 0.717) is 6.54 Å². The fraction of sp³-hybridized carbons (Fsp3) is 0.611. The largest absolute Gasteiger partial charge is 0.485 e. The first-order valence-corrected chi connectivity index (χ1v) is 8.77. The van der Waals surface area contributed by atoms with E-state index in [1.54, 1.807) is 18.2 Å². The highest BCUT2D eigenvalue weighted by molar-refractivity contribution is 14.0. The van der Waals surface area contributed by atoms with E-state index in [1.165, 1.54) is 6.07 Å². The topological polar surface area (TPSA) is 54.9 Å². The maximum absolute atomic E-state index is 13.7. The van der Waals surface area contributed by atoms with E-state index in [0.717, 1.165) is 44.9 Å². The first-order valence-electron chi connectivity index (χ1n) is 8.77. The predicted octanol–water partition coefficient (Wildman–Crippen LogP) is 3.34. The molecule has 1 heterocycles. The van der Waals surface area contributed by atoms with Crippen LogP contribution in [0.25, 0.3) is 0 Å². The molecule has 2 unspecified atom stereocenters. The van der Waals surface area contributed by atoms with Gasteiger partial charge in [-0.15, -0.1) is 24.0 Å². The Hall–Kier alpha value is -1.09. The molecule has 0 aromatic heterocycles. The number of nitrogens with one attached hydrogen (secondary N) is 2. The van der Waals surface area contributed by atoms with Crippen molar-refractivity contribution < 1.29 is 13.9 Å². The molecule has 142 valence electrons. The molecular formula is C18H29FIN3O2. The van der Waals surface area contributed by atoms with Crippen LogP contribution in [0.5, 0.6) is 5.75 Å². The van der Waals surface area contributed by atoms with Crippen LogP contribution in [-0.2, 0) is 4.74 Å². The Morgan fingerprint density at radius 1 is 1.36 bits per heavy atom. The minimum atomic E-state index is -0.344. The highest BCUT2D eigenvalue weighted by Crippen LogP contribution is 2.18. The van der Waals surface area contributed by atoms with Crippen molar-refractivity contribution in [3.8, 4) is 5.75 Å². The molecule has 1 aromatic carbocycles. The highest BCUT2D eigenvalue weighted by atomic mass is 127. The van der Waals surface area contributed by atoms with E-state index in [9.17, 15) is 4.39 Å². The Balaban J connectivity index is 0.00000312. The van der Waals surface area contributed by atoms with Crippen molar-refractivity contribution in [1.82, 2.24) is 10.6 Å². The second-order valence-corrected chi connectivity index (χ2v) is 5.81. The molecule has 7 heteroatoms. The quantitative estimate of drug-likeness (QED) is 0.352. The highest BCUT2D eigenvalue weighted by Gasteiger charge is 2.16. The Morgan fingerprint density at radius 3 is 2.80 bits per heavy atom. The van der Waals surface area contributed by atoms with Crippen LogP contribution in [0.2, 0.25) is 0 Å². The first-order chi connectivity index (χ1) is 11.7. The molecule has 1 aromatic rings. The lowest BCUT2D eigenvalue weighted by atomic mass is 10.2. The molecule has 2 rings (SSSR count). The third-order valence-electron chi connectivity index (χ3n) is 3.90. The van der Waals surface area contributed by atoms with Crippen molar-refractivity contribution in [3.63, 3.8) is 0 Å². The molecular weight excluding hydrogens is 436 g/mol. The standard InChI is InChI=1S/C18H28FN3O2.HI/c1-3-14(24-17-10-6-5-9-16(17)19)12-21-18(20-4-2)22-13-15-8-7-11-23-15;/h5-6,9-10,14-15H,3-4,7-8,11-13H2,1-2H3,(H2,20,21,22);1H. The molecule has 0 bridgehead atoms. The molecule has 2 atom stereocenters. The summed E-state index contributed by atoms with van der Waals surface area (Å²) >= 11 is 0. The summed E-state index contributed by atoms with van der Waals surface area (Å²) in [4.78, 5) is 4.56. The van der Waals surface area contributed by atoms with E-state index in [4.69, 9.17) is 9.47 Å². The molecule has 1 fully saturated rings. The van der Waals surface area contributed by atoms with Crippen LogP contribution in [0.4, 0.5) is 4.39 Å². The van der Waals surface area contributed by atoms with Crippen LogP contribution < -0.4 is 15.4 Å². The summed E-state index contributed by atoms with van der Waals surface area (Å²) in [6.07, 6.45) is 3.04. The molecule has 25 heavy (non-hydrogen) atoms. The zero-order valence-electron chi connectivity index (χ0n) is 15.0. The number of halogens is 2. The molecule has 0 radical (unpaired) electrons. The summed E-state index contributed by atoms with van der Waals surface area (Å²) < 4.78 is 25.0. The summed E-state index contributed by atoms with van der Waals surface area (Å²) in [7, 11) is 0. The van der Waals surface area contributed by atoms with Gasteiger partial charge < -0.3 is 20.1 Å². The summed E-state index contributed by atoms with van der Waals surface area (Å²) in [5.74, 6) is 0.670. The zero-order valence-corrected chi connectivity index (χ0v) is 17.3. The SMILES string of the molecule is CCNC(=NCC(CC)Oc1ccccc1F)NCC1CCCO1.I. The Labute approximate surface area is 166 Å². The van der Waals surface area contributed by atoms with Crippen LogP contribution in [0.15, 0.2) is 29.3 Å². The molecule has 1 saturated heterocycles. The number of ether oxygens (including phenoxy) is 2. The summed E-state index contributed by atoms with van der Waals surface area (Å²) in [5, 5.41) is 6.52. The van der Waals surface area contributed by atoms with Gasteiger partial charge in [-0.2, -0.15) is 0 Å². The van der Waals surface area contributed by atoms with Gasteiger partial charge in [-0.05, 0) is 38.3 Å². The van der Waals surface area contributed by atoms with E-state index >= 15 is 0 Å². The third-order valence-corrected chi connectivity index (χ3v) is 3.90. The molecule has 0 spiro atoms. The average Bonchev–Trinajstić information content (AvgIpc) is 3.11. The van der Waals surface area contributed by atoms with E-state index in [2.05, 4.69) is 15.6 Å². The summed E-state index contributed by atoms with van der Waals surface area (Å²) in [5.41, 5.74) is 0. The van der Waals surface area contributed by atoms with Gasteiger partial charge >= 0.3 is 0 Å². The smallest absolute Gasteiger partial charge is 0.191 e. The number of benzene rings is 1. The van der Waals surface area contributed by atoms with Gasteiger partial charge in [-0.1, -0.05) is 19.1 Å². The maximum Gasteiger partial charge on any atom is 0.191 e. The van der Waals surface area contributed by atoms with Gasteiger partial charge in [-0.25, -0.2) is 9.38 Å². The van der Waals surface area contributed by atoms with E-state index in [-0.39, 0.29) is 47.8 Å². The fourth-order valence-electron chi connectivity index (χ4n) is 2.52. The van der Waals surface area contributed by atoms with Crippen LogP contribution in [0, 0.1) is 5.82 Å². The van der Waals surface area contributed by atoms with Crippen LogP contribution in [0.3, 0.4) is 0 Å². The fourth-order valence-corrected chi connectivity index (χ4v) is 2.52. The van der Waals surface area contributed by atoms with Crippen LogP contribution in [-0.4, -0.2) is 44.4 Å². The van der Waals surface area contributed by atoms with Gasteiger partial charge in [-0.3, -0.25) is 0 Å². The Kier molecular flexibility index (Phi) is 10.8. The van der Waals surface area contributed by atoms with Crippen molar-refractivity contribution in [3.05, 3.63) is 30.1 Å². The Bertz CT molecular complexity index is 525. The zero-order chi connectivity index (χ0) is 17.2. The van der Waals surface area contributed by atoms with Gasteiger partial charge in [0.2, 0.25) is 0 Å². The van der Waals surface area contributed by atoms with E-state index < -0.39 is 0 Å². The summed E-state index contributed by atoms with van der Waals surface area (Å²) in [6, 6.07) is 6.46. The number of guanidine groups is 1. The predicted molar refractivity (Wildman–Crippen MR) is 109 cm³/mol.